The molecule has 1 aliphatic rings. The number of amides is 1. The van der Waals surface area contributed by atoms with Gasteiger partial charge in [0.2, 0.25) is 0 Å². The van der Waals surface area contributed by atoms with Gasteiger partial charge in [-0.15, -0.1) is 0 Å². The number of carbonyl (C=O) groups excluding carboxylic acids is 1. The molecular weight excluding hydrogens is 452 g/mol. The molecule has 180 valence electrons. The quantitative estimate of drug-likeness (QED) is 0.472. The van der Waals surface area contributed by atoms with E-state index in [0.29, 0.717) is 33.7 Å². The predicted molar refractivity (Wildman–Crippen MR) is 135 cm³/mol. The highest BCUT2D eigenvalue weighted by molar-refractivity contribution is 6.32. The molecule has 1 saturated heterocycles. The number of carbonyl (C=O) groups is 1. The Morgan fingerprint density at radius 2 is 1.79 bits per heavy atom. The summed E-state index contributed by atoms with van der Waals surface area (Å²) in [7, 11) is 3.07. The van der Waals surface area contributed by atoms with Gasteiger partial charge in [-0.3, -0.25) is 4.79 Å². The molecule has 0 aliphatic carbocycles. The SMILES string of the molecule is COc1cc(OC)c(NC(=O)c2cnn(-c3ccc(C(C)C)cc3)c2C2CCNCC2)cc1Cl. The first-order valence-corrected chi connectivity index (χ1v) is 11.9. The molecule has 1 amide bonds. The average molecular weight is 483 g/mol. The molecule has 34 heavy (non-hydrogen) atoms. The Morgan fingerprint density at radius 3 is 2.41 bits per heavy atom. The minimum Gasteiger partial charge on any atom is -0.495 e. The first kappa shape index (κ1) is 24.1. The fourth-order valence-electron chi connectivity index (χ4n) is 4.37. The summed E-state index contributed by atoms with van der Waals surface area (Å²) < 4.78 is 12.6. The number of halogens is 1. The summed E-state index contributed by atoms with van der Waals surface area (Å²) in [6.45, 7) is 6.16. The zero-order valence-electron chi connectivity index (χ0n) is 20.0. The number of piperidine rings is 1. The van der Waals surface area contributed by atoms with Crippen molar-refractivity contribution in [3.8, 4) is 17.2 Å². The molecule has 0 bridgehead atoms. The van der Waals surface area contributed by atoms with Gasteiger partial charge in [0.1, 0.15) is 11.5 Å². The third-order valence-corrected chi connectivity index (χ3v) is 6.60. The van der Waals surface area contributed by atoms with Crippen LogP contribution in [0.2, 0.25) is 5.02 Å². The molecule has 2 N–H and O–H groups in total. The van der Waals surface area contributed by atoms with E-state index in [1.807, 2.05) is 4.68 Å². The summed E-state index contributed by atoms with van der Waals surface area (Å²) in [6.07, 6.45) is 3.53. The van der Waals surface area contributed by atoms with Gasteiger partial charge in [-0.25, -0.2) is 4.68 Å². The van der Waals surface area contributed by atoms with Crippen molar-refractivity contribution >= 4 is 23.2 Å². The lowest BCUT2D eigenvalue weighted by Crippen LogP contribution is -2.29. The van der Waals surface area contributed by atoms with Crippen molar-refractivity contribution in [2.45, 2.75) is 38.5 Å². The number of rotatable bonds is 7. The maximum atomic E-state index is 13.5. The van der Waals surface area contributed by atoms with Crippen molar-refractivity contribution in [2.75, 3.05) is 32.6 Å². The van der Waals surface area contributed by atoms with Gasteiger partial charge in [-0.05, 0) is 55.6 Å². The van der Waals surface area contributed by atoms with E-state index < -0.39 is 0 Å². The molecule has 8 heteroatoms. The highest BCUT2D eigenvalue weighted by atomic mass is 35.5. The molecule has 1 aliphatic heterocycles. The second-order valence-corrected chi connectivity index (χ2v) is 9.17. The lowest BCUT2D eigenvalue weighted by Gasteiger charge is -2.25. The summed E-state index contributed by atoms with van der Waals surface area (Å²) in [5.41, 5.74) is 4.16. The first-order chi connectivity index (χ1) is 16.4. The summed E-state index contributed by atoms with van der Waals surface area (Å²) in [6, 6.07) is 11.7. The topological polar surface area (TPSA) is 77.4 Å². The van der Waals surface area contributed by atoms with E-state index in [1.165, 1.54) is 19.8 Å². The standard InChI is InChI=1S/C26H31ClN4O3/c1-16(2)17-5-7-19(8-6-17)31-25(18-9-11-28-12-10-18)20(15-29-31)26(32)30-22-13-21(27)23(33-3)14-24(22)34-4/h5-8,13-16,18,28H,9-12H2,1-4H3,(H,30,32). The number of methoxy groups -OCH3 is 2. The van der Waals surface area contributed by atoms with Crippen LogP contribution >= 0.6 is 11.6 Å². The van der Waals surface area contributed by atoms with Gasteiger partial charge >= 0.3 is 0 Å². The van der Waals surface area contributed by atoms with Gasteiger partial charge in [0.25, 0.3) is 5.91 Å². The van der Waals surface area contributed by atoms with Crippen LogP contribution in [0, 0.1) is 0 Å². The number of nitrogens with one attached hydrogen (secondary N) is 2. The van der Waals surface area contributed by atoms with Gasteiger partial charge in [-0.2, -0.15) is 5.10 Å². The molecule has 0 saturated carbocycles. The molecule has 0 spiro atoms. The van der Waals surface area contributed by atoms with E-state index in [2.05, 4.69) is 53.8 Å². The molecule has 0 atom stereocenters. The molecule has 2 aromatic carbocycles. The van der Waals surface area contributed by atoms with E-state index in [9.17, 15) is 4.79 Å². The third-order valence-electron chi connectivity index (χ3n) is 6.30. The summed E-state index contributed by atoms with van der Waals surface area (Å²) >= 11 is 6.30. The van der Waals surface area contributed by atoms with Crippen molar-refractivity contribution < 1.29 is 14.3 Å². The first-order valence-electron chi connectivity index (χ1n) is 11.5. The number of hydrogen-bond acceptors (Lipinski definition) is 5. The van der Waals surface area contributed by atoms with Crippen LogP contribution in [0.5, 0.6) is 11.5 Å². The fourth-order valence-corrected chi connectivity index (χ4v) is 4.62. The summed E-state index contributed by atoms with van der Waals surface area (Å²) in [4.78, 5) is 13.5. The summed E-state index contributed by atoms with van der Waals surface area (Å²) in [5.74, 6) is 1.36. The highest BCUT2D eigenvalue weighted by Crippen LogP contribution is 2.37. The molecule has 2 heterocycles. The van der Waals surface area contributed by atoms with Crippen LogP contribution < -0.4 is 20.1 Å². The Hall–Kier alpha value is -3.03. The molecule has 4 rings (SSSR count). The number of benzene rings is 2. The number of nitrogens with zero attached hydrogens (tertiary/aromatic N) is 2. The van der Waals surface area contributed by atoms with Crippen LogP contribution in [-0.4, -0.2) is 43.0 Å². The monoisotopic (exact) mass is 482 g/mol. The minimum atomic E-state index is -0.252. The number of anilines is 1. The smallest absolute Gasteiger partial charge is 0.259 e. The van der Waals surface area contributed by atoms with Gasteiger partial charge in [0.05, 0.1) is 48.1 Å². The number of hydrogen-bond donors (Lipinski definition) is 2. The normalized spacial score (nSPS) is 14.3. The van der Waals surface area contributed by atoms with Crippen molar-refractivity contribution in [3.05, 3.63) is 64.4 Å². The largest absolute Gasteiger partial charge is 0.495 e. The average Bonchev–Trinajstić information content (AvgIpc) is 3.30. The van der Waals surface area contributed by atoms with Crippen molar-refractivity contribution in [1.29, 1.82) is 0 Å². The Morgan fingerprint density at radius 1 is 1.12 bits per heavy atom. The molecule has 1 aromatic heterocycles. The van der Waals surface area contributed by atoms with Crippen LogP contribution in [0.4, 0.5) is 5.69 Å². The fraction of sp³-hybridized carbons (Fsp3) is 0.385. The Balaban J connectivity index is 1.71. The Labute approximate surface area is 205 Å². The maximum absolute atomic E-state index is 13.5. The van der Waals surface area contributed by atoms with E-state index in [-0.39, 0.29) is 11.8 Å². The van der Waals surface area contributed by atoms with Crippen LogP contribution in [-0.2, 0) is 0 Å². The summed E-state index contributed by atoms with van der Waals surface area (Å²) in [5, 5.41) is 11.4. The maximum Gasteiger partial charge on any atom is 0.259 e. The molecule has 0 unspecified atom stereocenters. The van der Waals surface area contributed by atoms with Crippen LogP contribution in [0.25, 0.3) is 5.69 Å². The number of aromatic nitrogens is 2. The van der Waals surface area contributed by atoms with Crippen LogP contribution in [0.3, 0.4) is 0 Å². The molecule has 7 nitrogen and oxygen atoms in total. The van der Waals surface area contributed by atoms with Crippen molar-refractivity contribution in [1.82, 2.24) is 15.1 Å². The lowest BCUT2D eigenvalue weighted by atomic mass is 9.91. The van der Waals surface area contributed by atoms with E-state index in [1.54, 1.807) is 18.3 Å². The molecule has 1 fully saturated rings. The van der Waals surface area contributed by atoms with Crippen molar-refractivity contribution in [2.24, 2.45) is 0 Å². The molecular formula is C26H31ClN4O3. The highest BCUT2D eigenvalue weighted by Gasteiger charge is 2.27. The predicted octanol–water partition coefficient (Wildman–Crippen LogP) is 5.39. The second kappa shape index (κ2) is 10.5. The second-order valence-electron chi connectivity index (χ2n) is 8.77. The van der Waals surface area contributed by atoms with Crippen LogP contribution in [0.1, 0.15) is 60.1 Å². The third kappa shape index (κ3) is 4.91. The zero-order chi connectivity index (χ0) is 24.2. The van der Waals surface area contributed by atoms with E-state index in [4.69, 9.17) is 21.1 Å². The number of ether oxygens (including phenoxy) is 2. The molecule has 0 radical (unpaired) electrons. The molecule has 3 aromatic rings. The van der Waals surface area contributed by atoms with Crippen LogP contribution in [0.15, 0.2) is 42.6 Å². The van der Waals surface area contributed by atoms with E-state index in [0.717, 1.165) is 37.3 Å². The van der Waals surface area contributed by atoms with Gasteiger partial charge in [0, 0.05) is 12.0 Å². The van der Waals surface area contributed by atoms with Gasteiger partial charge in [-0.1, -0.05) is 37.6 Å². The Bertz CT molecular complexity index is 1150. The zero-order valence-corrected chi connectivity index (χ0v) is 20.8. The minimum absolute atomic E-state index is 0.218. The van der Waals surface area contributed by atoms with Gasteiger partial charge in [0.15, 0.2) is 0 Å². The Kier molecular flexibility index (Phi) is 7.44. The lowest BCUT2D eigenvalue weighted by molar-refractivity contribution is 0.102. The van der Waals surface area contributed by atoms with Crippen molar-refractivity contribution in [3.63, 3.8) is 0 Å². The van der Waals surface area contributed by atoms with E-state index >= 15 is 0 Å². The van der Waals surface area contributed by atoms with Gasteiger partial charge < -0.3 is 20.1 Å².